The molecule has 0 saturated heterocycles. The lowest BCUT2D eigenvalue weighted by molar-refractivity contribution is 0.231. The van der Waals surface area contributed by atoms with Gasteiger partial charge in [0.2, 0.25) is 0 Å². The number of thioether (sulfide) groups is 1. The molecule has 11 heavy (non-hydrogen) atoms. The lowest BCUT2D eigenvalue weighted by atomic mass is 10.4. The molecule has 56 valence electrons. The van der Waals surface area contributed by atoms with Gasteiger partial charge in [0.25, 0.3) is 0 Å². The minimum atomic E-state index is 0.583. The summed E-state index contributed by atoms with van der Waals surface area (Å²) >= 11 is 1.64. The topological polar surface area (TPSA) is 22.1 Å². The van der Waals surface area contributed by atoms with Gasteiger partial charge in [0.15, 0.2) is 0 Å². The highest BCUT2D eigenvalue weighted by Crippen LogP contribution is 2.24. The fourth-order valence-corrected chi connectivity index (χ4v) is 1.59. The second kappa shape index (κ2) is 2.96. The van der Waals surface area contributed by atoms with E-state index in [4.69, 9.17) is 4.74 Å². The van der Waals surface area contributed by atoms with Crippen LogP contribution in [0.1, 0.15) is 5.69 Å². The summed E-state index contributed by atoms with van der Waals surface area (Å²) < 4.78 is 5.16. The van der Waals surface area contributed by atoms with Crippen LogP contribution in [-0.2, 0) is 11.3 Å². The summed E-state index contributed by atoms with van der Waals surface area (Å²) in [4.78, 5) is 5.38. The third-order valence-electron chi connectivity index (χ3n) is 1.42. The van der Waals surface area contributed by atoms with Gasteiger partial charge in [0, 0.05) is 16.5 Å². The molecule has 2 rings (SSSR count). The molecule has 0 saturated carbocycles. The third kappa shape index (κ3) is 1.38. The summed E-state index contributed by atoms with van der Waals surface area (Å²) in [6.07, 6.45) is 3.49. The Morgan fingerprint density at radius 1 is 1.55 bits per heavy atom. The van der Waals surface area contributed by atoms with Crippen LogP contribution < -0.4 is 0 Å². The van der Waals surface area contributed by atoms with Crippen molar-refractivity contribution in [2.75, 3.05) is 0 Å². The van der Waals surface area contributed by atoms with E-state index in [9.17, 15) is 0 Å². The van der Waals surface area contributed by atoms with Crippen molar-refractivity contribution in [3.8, 4) is 0 Å². The SMILES string of the molecule is C1=CSc2cccnc2CO1. The Balaban J connectivity index is 2.40. The minimum Gasteiger partial charge on any atom is -0.494 e. The first-order valence-electron chi connectivity index (χ1n) is 3.34. The van der Waals surface area contributed by atoms with Gasteiger partial charge in [-0.2, -0.15) is 0 Å². The van der Waals surface area contributed by atoms with E-state index in [-0.39, 0.29) is 0 Å². The molecule has 0 amide bonds. The van der Waals surface area contributed by atoms with Gasteiger partial charge in [-0.15, -0.1) is 0 Å². The number of aromatic nitrogens is 1. The van der Waals surface area contributed by atoms with Crippen LogP contribution in [0.5, 0.6) is 0 Å². The lowest BCUT2D eigenvalue weighted by Gasteiger charge is -2.00. The quantitative estimate of drug-likeness (QED) is 0.588. The maximum absolute atomic E-state index is 5.16. The van der Waals surface area contributed by atoms with Crippen LogP contribution in [0.3, 0.4) is 0 Å². The molecule has 0 aromatic carbocycles. The standard InChI is InChI=1S/C8H7NOS/c1-2-8-7(9-3-1)6-10-4-5-11-8/h1-5H,6H2. The van der Waals surface area contributed by atoms with Crippen molar-refractivity contribution < 1.29 is 4.74 Å². The van der Waals surface area contributed by atoms with E-state index in [0.717, 1.165) is 5.69 Å². The summed E-state index contributed by atoms with van der Waals surface area (Å²) in [7, 11) is 0. The first-order valence-corrected chi connectivity index (χ1v) is 4.22. The summed E-state index contributed by atoms with van der Waals surface area (Å²) in [6, 6.07) is 3.98. The number of ether oxygens (including phenoxy) is 1. The summed E-state index contributed by atoms with van der Waals surface area (Å²) in [6.45, 7) is 0.583. The van der Waals surface area contributed by atoms with Crippen LogP contribution in [0.25, 0.3) is 0 Å². The molecule has 0 N–H and O–H groups in total. The molecule has 2 heterocycles. The second-order valence-electron chi connectivity index (χ2n) is 2.15. The highest BCUT2D eigenvalue weighted by Gasteiger charge is 2.04. The van der Waals surface area contributed by atoms with E-state index >= 15 is 0 Å². The molecule has 1 aliphatic heterocycles. The van der Waals surface area contributed by atoms with Gasteiger partial charge in [-0.1, -0.05) is 11.8 Å². The van der Waals surface area contributed by atoms with Gasteiger partial charge in [-0.05, 0) is 12.1 Å². The van der Waals surface area contributed by atoms with Crippen molar-refractivity contribution in [1.82, 2.24) is 4.98 Å². The van der Waals surface area contributed by atoms with Gasteiger partial charge in [-0.25, -0.2) is 0 Å². The normalized spacial score (nSPS) is 14.9. The number of pyridine rings is 1. The Kier molecular flexibility index (Phi) is 1.81. The Labute approximate surface area is 69.3 Å². The Morgan fingerprint density at radius 3 is 3.55 bits per heavy atom. The van der Waals surface area contributed by atoms with Crippen LogP contribution in [0, 0.1) is 0 Å². The fraction of sp³-hybridized carbons (Fsp3) is 0.125. The number of nitrogens with zero attached hydrogens (tertiary/aromatic N) is 1. The van der Waals surface area contributed by atoms with Gasteiger partial charge in [0.05, 0.1) is 12.0 Å². The van der Waals surface area contributed by atoms with Crippen LogP contribution >= 0.6 is 11.8 Å². The molecular weight excluding hydrogens is 158 g/mol. The fourth-order valence-electron chi connectivity index (χ4n) is 0.906. The first-order chi connectivity index (χ1) is 5.47. The smallest absolute Gasteiger partial charge is 0.130 e. The van der Waals surface area contributed by atoms with E-state index in [0.29, 0.717) is 6.61 Å². The summed E-state index contributed by atoms with van der Waals surface area (Å²) in [5.41, 5.74) is 1.02. The Hall–Kier alpha value is -0.960. The van der Waals surface area contributed by atoms with E-state index in [1.165, 1.54) is 4.90 Å². The largest absolute Gasteiger partial charge is 0.494 e. The molecule has 1 aromatic heterocycles. The molecule has 0 spiro atoms. The molecule has 0 radical (unpaired) electrons. The Morgan fingerprint density at radius 2 is 2.55 bits per heavy atom. The molecule has 0 aliphatic carbocycles. The van der Waals surface area contributed by atoms with Gasteiger partial charge < -0.3 is 4.74 Å². The average molecular weight is 165 g/mol. The molecular formula is C8H7NOS. The molecule has 0 unspecified atom stereocenters. The monoisotopic (exact) mass is 165 g/mol. The average Bonchev–Trinajstić information content (AvgIpc) is 2.28. The van der Waals surface area contributed by atoms with Crippen molar-refractivity contribution in [3.63, 3.8) is 0 Å². The van der Waals surface area contributed by atoms with Crippen molar-refractivity contribution in [3.05, 3.63) is 35.7 Å². The zero-order chi connectivity index (χ0) is 7.52. The molecule has 1 aliphatic rings. The zero-order valence-electron chi connectivity index (χ0n) is 5.86. The van der Waals surface area contributed by atoms with E-state index < -0.39 is 0 Å². The predicted octanol–water partition coefficient (Wildman–Crippen LogP) is 2.18. The van der Waals surface area contributed by atoms with E-state index in [1.807, 2.05) is 17.5 Å². The van der Waals surface area contributed by atoms with E-state index in [1.54, 1.807) is 24.2 Å². The van der Waals surface area contributed by atoms with Crippen LogP contribution in [-0.4, -0.2) is 4.98 Å². The zero-order valence-corrected chi connectivity index (χ0v) is 6.67. The number of hydrogen-bond donors (Lipinski definition) is 0. The Bertz CT molecular complexity index is 285. The molecule has 0 fully saturated rings. The third-order valence-corrected chi connectivity index (χ3v) is 2.29. The lowest BCUT2D eigenvalue weighted by Crippen LogP contribution is -1.90. The number of hydrogen-bond acceptors (Lipinski definition) is 3. The molecule has 3 heteroatoms. The highest BCUT2D eigenvalue weighted by molar-refractivity contribution is 8.02. The van der Waals surface area contributed by atoms with Crippen LogP contribution in [0.15, 0.2) is 34.9 Å². The van der Waals surface area contributed by atoms with Gasteiger partial charge in [0.1, 0.15) is 6.61 Å². The predicted molar refractivity (Wildman–Crippen MR) is 44.0 cm³/mol. The van der Waals surface area contributed by atoms with Crippen molar-refractivity contribution in [2.24, 2.45) is 0 Å². The molecule has 2 nitrogen and oxygen atoms in total. The molecule has 0 bridgehead atoms. The number of fused-ring (bicyclic) bond motifs is 1. The number of rotatable bonds is 0. The summed E-state index contributed by atoms with van der Waals surface area (Å²) in [5, 5.41) is 1.92. The van der Waals surface area contributed by atoms with Crippen LogP contribution in [0.4, 0.5) is 0 Å². The second-order valence-corrected chi connectivity index (χ2v) is 3.10. The summed E-state index contributed by atoms with van der Waals surface area (Å²) in [5.74, 6) is 0. The van der Waals surface area contributed by atoms with E-state index in [2.05, 4.69) is 4.98 Å². The minimum absolute atomic E-state index is 0.583. The van der Waals surface area contributed by atoms with Crippen molar-refractivity contribution in [1.29, 1.82) is 0 Å². The van der Waals surface area contributed by atoms with Gasteiger partial charge >= 0.3 is 0 Å². The molecule has 0 atom stereocenters. The maximum atomic E-state index is 5.16. The molecule has 1 aromatic rings. The van der Waals surface area contributed by atoms with Gasteiger partial charge in [-0.3, -0.25) is 4.98 Å². The van der Waals surface area contributed by atoms with Crippen molar-refractivity contribution >= 4 is 11.8 Å². The highest BCUT2D eigenvalue weighted by atomic mass is 32.2. The maximum Gasteiger partial charge on any atom is 0.130 e. The van der Waals surface area contributed by atoms with Crippen molar-refractivity contribution in [2.45, 2.75) is 11.5 Å². The van der Waals surface area contributed by atoms with Crippen LogP contribution in [0.2, 0.25) is 0 Å². The first kappa shape index (κ1) is 6.73.